The first-order valence-electron chi connectivity index (χ1n) is 10.1. The number of nitrogens with one attached hydrogen (secondary N) is 2. The van der Waals surface area contributed by atoms with Gasteiger partial charge in [-0.3, -0.25) is 4.99 Å². The molecule has 0 bridgehead atoms. The smallest absolute Gasteiger partial charge is 0.387 e. The molecule has 1 heterocycles. The largest absolute Gasteiger partial charge is 0.433 e. The van der Waals surface area contributed by atoms with Crippen LogP contribution in [0.5, 0.6) is 5.75 Å². The molecule has 3 rings (SSSR count). The van der Waals surface area contributed by atoms with Gasteiger partial charge in [-0.2, -0.15) is 8.78 Å². The van der Waals surface area contributed by atoms with Crippen LogP contribution in [0.4, 0.5) is 14.5 Å². The van der Waals surface area contributed by atoms with Gasteiger partial charge in [0.2, 0.25) is 0 Å². The molecule has 0 radical (unpaired) electrons. The second-order valence-corrected chi connectivity index (χ2v) is 7.40. The SMILES string of the molecule is CCNC(=NCC1CCCC1O)NC1CCN(c2ccccc2OC(F)F)C1. The summed E-state index contributed by atoms with van der Waals surface area (Å²) in [5, 5.41) is 16.7. The first-order valence-corrected chi connectivity index (χ1v) is 10.1. The van der Waals surface area contributed by atoms with Crippen LogP contribution in [-0.4, -0.2) is 56.0 Å². The van der Waals surface area contributed by atoms with Gasteiger partial charge in [-0.1, -0.05) is 18.6 Å². The van der Waals surface area contributed by atoms with E-state index in [1.165, 1.54) is 0 Å². The van der Waals surface area contributed by atoms with Crippen molar-refractivity contribution in [2.45, 2.75) is 51.4 Å². The molecule has 1 saturated heterocycles. The summed E-state index contributed by atoms with van der Waals surface area (Å²) in [6.45, 7) is 1.97. The number of aliphatic imine (C=N–C) groups is 1. The zero-order chi connectivity index (χ0) is 19.9. The van der Waals surface area contributed by atoms with E-state index >= 15 is 0 Å². The van der Waals surface area contributed by atoms with Crippen molar-refractivity contribution >= 4 is 11.6 Å². The number of hydrogen-bond donors (Lipinski definition) is 3. The average Bonchev–Trinajstić information content (AvgIpc) is 3.29. The van der Waals surface area contributed by atoms with Gasteiger partial charge in [0.1, 0.15) is 5.75 Å². The Bertz CT molecular complexity index is 659. The Morgan fingerprint density at radius 1 is 1.32 bits per heavy atom. The van der Waals surface area contributed by atoms with E-state index in [1.54, 1.807) is 18.2 Å². The lowest BCUT2D eigenvalue weighted by molar-refractivity contribution is -0.0495. The zero-order valence-electron chi connectivity index (χ0n) is 16.3. The van der Waals surface area contributed by atoms with E-state index in [2.05, 4.69) is 25.3 Å². The van der Waals surface area contributed by atoms with Gasteiger partial charge >= 0.3 is 6.61 Å². The number of rotatable bonds is 7. The summed E-state index contributed by atoms with van der Waals surface area (Å²) < 4.78 is 30.0. The molecule has 2 aliphatic rings. The summed E-state index contributed by atoms with van der Waals surface area (Å²) in [6, 6.07) is 7.06. The molecule has 6 nitrogen and oxygen atoms in total. The van der Waals surface area contributed by atoms with Gasteiger partial charge in [-0.15, -0.1) is 0 Å². The number of nitrogens with zero attached hydrogens (tertiary/aromatic N) is 2. The lowest BCUT2D eigenvalue weighted by Crippen LogP contribution is -2.45. The van der Waals surface area contributed by atoms with Crippen LogP contribution in [0.25, 0.3) is 0 Å². The van der Waals surface area contributed by atoms with Gasteiger partial charge in [0.25, 0.3) is 0 Å². The first kappa shape index (κ1) is 20.6. The minimum absolute atomic E-state index is 0.158. The number of alkyl halides is 2. The van der Waals surface area contributed by atoms with Gasteiger partial charge in [-0.25, -0.2) is 0 Å². The number of anilines is 1. The molecular formula is C20H30F2N4O2. The fourth-order valence-electron chi connectivity index (χ4n) is 3.96. The molecule has 0 aromatic heterocycles. The summed E-state index contributed by atoms with van der Waals surface area (Å²) >= 11 is 0. The molecule has 2 fully saturated rings. The Labute approximate surface area is 165 Å². The molecule has 3 atom stereocenters. The number of aliphatic hydroxyl groups excluding tert-OH is 1. The summed E-state index contributed by atoms with van der Waals surface area (Å²) in [5.74, 6) is 1.17. The van der Waals surface area contributed by atoms with Gasteiger partial charge < -0.3 is 25.4 Å². The highest BCUT2D eigenvalue weighted by atomic mass is 19.3. The lowest BCUT2D eigenvalue weighted by atomic mass is 10.1. The van der Waals surface area contributed by atoms with Gasteiger partial charge in [0, 0.05) is 38.1 Å². The molecular weight excluding hydrogens is 366 g/mol. The monoisotopic (exact) mass is 396 g/mol. The van der Waals surface area contributed by atoms with Gasteiger partial charge in [0.05, 0.1) is 11.8 Å². The number of halogens is 2. The molecule has 3 N–H and O–H groups in total. The average molecular weight is 396 g/mol. The molecule has 156 valence electrons. The number of benzene rings is 1. The fourth-order valence-corrected chi connectivity index (χ4v) is 3.96. The van der Waals surface area contributed by atoms with E-state index in [0.29, 0.717) is 18.8 Å². The summed E-state index contributed by atoms with van der Waals surface area (Å²) in [5.41, 5.74) is 0.683. The molecule has 0 spiro atoms. The molecule has 1 aromatic rings. The summed E-state index contributed by atoms with van der Waals surface area (Å²) in [7, 11) is 0. The van der Waals surface area contributed by atoms with Crippen LogP contribution in [0.15, 0.2) is 29.3 Å². The highest BCUT2D eigenvalue weighted by Crippen LogP contribution is 2.31. The Hall–Kier alpha value is -2.09. The van der Waals surface area contributed by atoms with Gasteiger partial charge in [0.15, 0.2) is 5.96 Å². The van der Waals surface area contributed by atoms with E-state index in [9.17, 15) is 13.9 Å². The second-order valence-electron chi connectivity index (χ2n) is 7.40. The Kier molecular flexibility index (Phi) is 7.30. The molecule has 1 saturated carbocycles. The maximum Gasteiger partial charge on any atom is 0.387 e. The number of aliphatic hydroxyl groups is 1. The molecule has 1 aromatic carbocycles. The van der Waals surface area contributed by atoms with Crippen molar-refractivity contribution < 1.29 is 18.6 Å². The van der Waals surface area contributed by atoms with Crippen LogP contribution >= 0.6 is 0 Å². The molecule has 0 amide bonds. The Morgan fingerprint density at radius 3 is 2.86 bits per heavy atom. The van der Waals surface area contributed by atoms with E-state index in [4.69, 9.17) is 0 Å². The van der Waals surface area contributed by atoms with E-state index in [-0.39, 0.29) is 23.8 Å². The van der Waals surface area contributed by atoms with Crippen molar-refractivity contribution in [2.24, 2.45) is 10.9 Å². The number of hydrogen-bond acceptors (Lipinski definition) is 4. The predicted molar refractivity (Wildman–Crippen MR) is 106 cm³/mol. The third kappa shape index (κ3) is 5.47. The van der Waals surface area contributed by atoms with Crippen molar-refractivity contribution in [3.63, 3.8) is 0 Å². The third-order valence-electron chi connectivity index (χ3n) is 5.40. The first-order chi connectivity index (χ1) is 13.6. The van der Waals surface area contributed by atoms with E-state index < -0.39 is 6.61 Å². The minimum atomic E-state index is -2.84. The van der Waals surface area contributed by atoms with Crippen LogP contribution in [0.2, 0.25) is 0 Å². The lowest BCUT2D eigenvalue weighted by Gasteiger charge is -2.23. The zero-order valence-corrected chi connectivity index (χ0v) is 16.3. The fraction of sp³-hybridized carbons (Fsp3) is 0.650. The van der Waals surface area contributed by atoms with Crippen LogP contribution in [0, 0.1) is 5.92 Å². The van der Waals surface area contributed by atoms with E-state index in [0.717, 1.165) is 44.7 Å². The quantitative estimate of drug-likeness (QED) is 0.488. The summed E-state index contributed by atoms with van der Waals surface area (Å²) in [4.78, 5) is 6.71. The number of ether oxygens (including phenoxy) is 1. The van der Waals surface area contributed by atoms with Crippen LogP contribution in [0.3, 0.4) is 0 Å². The highest BCUT2D eigenvalue weighted by molar-refractivity contribution is 5.80. The molecule has 1 aliphatic carbocycles. The number of para-hydroxylation sites is 2. The van der Waals surface area contributed by atoms with Gasteiger partial charge in [-0.05, 0) is 38.3 Å². The molecule has 28 heavy (non-hydrogen) atoms. The van der Waals surface area contributed by atoms with Crippen molar-refractivity contribution in [2.75, 3.05) is 31.1 Å². The van der Waals surface area contributed by atoms with E-state index in [1.807, 2.05) is 13.0 Å². The number of guanidine groups is 1. The van der Waals surface area contributed by atoms with Crippen LogP contribution < -0.4 is 20.3 Å². The standard InChI is InChI=1S/C20H30F2N4O2/c1-2-23-20(24-12-14-6-5-8-17(14)27)25-15-10-11-26(13-15)16-7-3-4-9-18(16)28-19(21)22/h3-4,7,9,14-15,17,19,27H,2,5-6,8,10-13H2,1H3,(H2,23,24,25). The van der Waals surface area contributed by atoms with Crippen molar-refractivity contribution in [3.8, 4) is 5.75 Å². The maximum absolute atomic E-state index is 12.7. The summed E-state index contributed by atoms with van der Waals surface area (Å²) in [6.07, 6.45) is 3.56. The highest BCUT2D eigenvalue weighted by Gasteiger charge is 2.27. The Balaban J connectivity index is 1.59. The molecule has 3 unspecified atom stereocenters. The second kappa shape index (κ2) is 9.91. The van der Waals surface area contributed by atoms with Crippen molar-refractivity contribution in [1.82, 2.24) is 10.6 Å². The third-order valence-corrected chi connectivity index (χ3v) is 5.40. The predicted octanol–water partition coefficient (Wildman–Crippen LogP) is 2.58. The molecule has 1 aliphatic heterocycles. The topological polar surface area (TPSA) is 69.1 Å². The van der Waals surface area contributed by atoms with Crippen LogP contribution in [0.1, 0.15) is 32.6 Å². The minimum Gasteiger partial charge on any atom is -0.433 e. The maximum atomic E-state index is 12.7. The van der Waals surface area contributed by atoms with Crippen molar-refractivity contribution in [3.05, 3.63) is 24.3 Å². The van der Waals surface area contributed by atoms with Crippen molar-refractivity contribution in [1.29, 1.82) is 0 Å². The van der Waals surface area contributed by atoms with Crippen LogP contribution in [-0.2, 0) is 0 Å². The molecule has 8 heteroatoms. The normalized spacial score (nSPS) is 25.4. The Morgan fingerprint density at radius 2 is 2.14 bits per heavy atom.